The average molecular weight is 199 g/mol. The molecule has 0 heterocycles. The SMILES string of the molecule is CC(C)NCSc1ccc(F)cc1. The van der Waals surface area contributed by atoms with E-state index in [0.717, 1.165) is 10.8 Å². The standard InChI is InChI=1S/C10H14FNS/c1-8(2)12-7-13-10-5-3-9(11)4-6-10/h3-6,8,12H,7H2,1-2H3. The summed E-state index contributed by atoms with van der Waals surface area (Å²) in [6.07, 6.45) is 0. The highest BCUT2D eigenvalue weighted by atomic mass is 32.2. The minimum atomic E-state index is -0.179. The molecule has 0 atom stereocenters. The summed E-state index contributed by atoms with van der Waals surface area (Å²) in [7, 11) is 0. The Morgan fingerprint density at radius 3 is 2.46 bits per heavy atom. The molecule has 1 aromatic carbocycles. The van der Waals surface area contributed by atoms with E-state index in [9.17, 15) is 4.39 Å². The number of nitrogens with one attached hydrogen (secondary N) is 1. The molecule has 0 unspecified atom stereocenters. The van der Waals surface area contributed by atoms with Gasteiger partial charge in [-0.3, -0.25) is 0 Å². The van der Waals surface area contributed by atoms with Crippen LogP contribution in [0.1, 0.15) is 13.8 Å². The molecule has 13 heavy (non-hydrogen) atoms. The zero-order valence-electron chi connectivity index (χ0n) is 7.88. The summed E-state index contributed by atoms with van der Waals surface area (Å²) in [5, 5.41) is 3.28. The predicted molar refractivity (Wildman–Crippen MR) is 55.4 cm³/mol. The first-order valence-electron chi connectivity index (χ1n) is 4.30. The van der Waals surface area contributed by atoms with Gasteiger partial charge in [0, 0.05) is 16.8 Å². The number of benzene rings is 1. The second-order valence-corrected chi connectivity index (χ2v) is 4.15. The van der Waals surface area contributed by atoms with Crippen molar-refractivity contribution in [1.82, 2.24) is 5.32 Å². The smallest absolute Gasteiger partial charge is 0.123 e. The Kier molecular flexibility index (Phi) is 4.25. The van der Waals surface area contributed by atoms with Crippen molar-refractivity contribution < 1.29 is 4.39 Å². The third-order valence-corrected chi connectivity index (χ3v) is 2.46. The lowest BCUT2D eigenvalue weighted by molar-refractivity contribution is 0.626. The van der Waals surface area contributed by atoms with Crippen LogP contribution >= 0.6 is 11.8 Å². The molecule has 72 valence electrons. The molecule has 1 nitrogen and oxygen atoms in total. The first-order chi connectivity index (χ1) is 6.18. The Morgan fingerprint density at radius 2 is 1.92 bits per heavy atom. The number of hydrogen-bond donors (Lipinski definition) is 1. The van der Waals surface area contributed by atoms with Gasteiger partial charge < -0.3 is 5.32 Å². The maximum atomic E-state index is 12.5. The van der Waals surface area contributed by atoms with Crippen LogP contribution in [0.15, 0.2) is 29.2 Å². The van der Waals surface area contributed by atoms with E-state index in [1.54, 1.807) is 23.9 Å². The maximum Gasteiger partial charge on any atom is 0.123 e. The van der Waals surface area contributed by atoms with E-state index < -0.39 is 0 Å². The van der Waals surface area contributed by atoms with E-state index >= 15 is 0 Å². The van der Waals surface area contributed by atoms with Crippen molar-refractivity contribution in [2.45, 2.75) is 24.8 Å². The lowest BCUT2D eigenvalue weighted by Gasteiger charge is -2.06. The third kappa shape index (κ3) is 4.29. The van der Waals surface area contributed by atoms with E-state index in [1.807, 2.05) is 0 Å². The molecule has 0 aromatic heterocycles. The van der Waals surface area contributed by atoms with Crippen LogP contribution in [0.4, 0.5) is 4.39 Å². The molecule has 1 rings (SSSR count). The molecule has 0 aliphatic carbocycles. The zero-order valence-corrected chi connectivity index (χ0v) is 8.70. The monoisotopic (exact) mass is 199 g/mol. The van der Waals surface area contributed by atoms with Crippen LogP contribution in [0.25, 0.3) is 0 Å². The minimum absolute atomic E-state index is 0.179. The van der Waals surface area contributed by atoms with Gasteiger partial charge in [-0.05, 0) is 24.3 Å². The number of halogens is 1. The van der Waals surface area contributed by atoms with Gasteiger partial charge in [0.1, 0.15) is 5.82 Å². The van der Waals surface area contributed by atoms with Gasteiger partial charge >= 0.3 is 0 Å². The molecule has 1 aromatic rings. The Bertz CT molecular complexity index is 246. The summed E-state index contributed by atoms with van der Waals surface area (Å²) in [5.41, 5.74) is 0. The molecule has 1 N–H and O–H groups in total. The number of thioether (sulfide) groups is 1. The number of hydrogen-bond acceptors (Lipinski definition) is 2. The van der Waals surface area contributed by atoms with Gasteiger partial charge in [0.2, 0.25) is 0 Å². The highest BCUT2D eigenvalue weighted by Gasteiger charge is 1.95. The van der Waals surface area contributed by atoms with Gasteiger partial charge in [-0.2, -0.15) is 0 Å². The zero-order chi connectivity index (χ0) is 9.68. The number of rotatable bonds is 4. The molecule has 0 aliphatic heterocycles. The fraction of sp³-hybridized carbons (Fsp3) is 0.400. The van der Waals surface area contributed by atoms with Crippen molar-refractivity contribution in [1.29, 1.82) is 0 Å². The second-order valence-electron chi connectivity index (χ2n) is 3.10. The van der Waals surface area contributed by atoms with E-state index in [4.69, 9.17) is 0 Å². The van der Waals surface area contributed by atoms with Crippen molar-refractivity contribution in [2.75, 3.05) is 5.88 Å². The lowest BCUT2D eigenvalue weighted by Crippen LogP contribution is -2.21. The summed E-state index contributed by atoms with van der Waals surface area (Å²) in [5.74, 6) is 0.685. The summed E-state index contributed by atoms with van der Waals surface area (Å²) in [6.45, 7) is 4.20. The first-order valence-corrected chi connectivity index (χ1v) is 5.29. The fourth-order valence-corrected chi connectivity index (χ4v) is 1.73. The van der Waals surface area contributed by atoms with Crippen LogP contribution in [-0.4, -0.2) is 11.9 Å². The fourth-order valence-electron chi connectivity index (χ4n) is 0.822. The Balaban J connectivity index is 2.33. The topological polar surface area (TPSA) is 12.0 Å². The van der Waals surface area contributed by atoms with Gasteiger partial charge in [-0.15, -0.1) is 11.8 Å². The molecule has 0 aliphatic rings. The molecule has 0 bridgehead atoms. The molecule has 0 fully saturated rings. The van der Waals surface area contributed by atoms with E-state index in [-0.39, 0.29) is 5.82 Å². The van der Waals surface area contributed by atoms with Gasteiger partial charge in [-0.1, -0.05) is 13.8 Å². The van der Waals surface area contributed by atoms with Gasteiger partial charge in [0.15, 0.2) is 0 Å². The average Bonchev–Trinajstić information content (AvgIpc) is 2.08. The first kappa shape index (κ1) is 10.5. The van der Waals surface area contributed by atoms with Crippen molar-refractivity contribution in [2.24, 2.45) is 0 Å². The highest BCUT2D eigenvalue weighted by molar-refractivity contribution is 7.99. The Hall–Kier alpha value is -0.540. The van der Waals surface area contributed by atoms with Crippen LogP contribution in [0.3, 0.4) is 0 Å². The molecule has 0 saturated carbocycles. The summed E-state index contributed by atoms with van der Waals surface area (Å²) < 4.78 is 12.5. The summed E-state index contributed by atoms with van der Waals surface area (Å²) in [6, 6.07) is 7.05. The molecule has 0 radical (unpaired) electrons. The van der Waals surface area contributed by atoms with Crippen LogP contribution in [0, 0.1) is 5.82 Å². The molecule has 0 spiro atoms. The van der Waals surface area contributed by atoms with E-state index in [0.29, 0.717) is 6.04 Å². The molecule has 0 amide bonds. The van der Waals surface area contributed by atoms with Crippen molar-refractivity contribution in [3.63, 3.8) is 0 Å². The Labute approximate surface area is 82.7 Å². The van der Waals surface area contributed by atoms with Crippen LogP contribution in [0.5, 0.6) is 0 Å². The van der Waals surface area contributed by atoms with Gasteiger partial charge in [0.25, 0.3) is 0 Å². The molecular weight excluding hydrogens is 185 g/mol. The normalized spacial score (nSPS) is 10.8. The molecule has 3 heteroatoms. The van der Waals surface area contributed by atoms with Gasteiger partial charge in [-0.25, -0.2) is 4.39 Å². The lowest BCUT2D eigenvalue weighted by atomic mass is 10.4. The van der Waals surface area contributed by atoms with Gasteiger partial charge in [0.05, 0.1) is 0 Å². The molecule has 0 saturated heterocycles. The maximum absolute atomic E-state index is 12.5. The predicted octanol–water partition coefficient (Wildman–Crippen LogP) is 2.87. The van der Waals surface area contributed by atoms with Crippen LogP contribution in [0.2, 0.25) is 0 Å². The van der Waals surface area contributed by atoms with E-state index in [1.165, 1.54) is 12.1 Å². The molecular formula is C10H14FNS. The third-order valence-electron chi connectivity index (χ3n) is 1.54. The van der Waals surface area contributed by atoms with Crippen LogP contribution < -0.4 is 5.32 Å². The van der Waals surface area contributed by atoms with E-state index in [2.05, 4.69) is 19.2 Å². The second kappa shape index (κ2) is 5.25. The summed E-state index contributed by atoms with van der Waals surface area (Å²) >= 11 is 1.68. The van der Waals surface area contributed by atoms with Crippen molar-refractivity contribution >= 4 is 11.8 Å². The minimum Gasteiger partial charge on any atom is -0.305 e. The van der Waals surface area contributed by atoms with Crippen molar-refractivity contribution in [3.8, 4) is 0 Å². The van der Waals surface area contributed by atoms with Crippen LogP contribution in [-0.2, 0) is 0 Å². The quantitative estimate of drug-likeness (QED) is 0.591. The Morgan fingerprint density at radius 1 is 1.31 bits per heavy atom. The summed E-state index contributed by atoms with van der Waals surface area (Å²) in [4.78, 5) is 1.09. The highest BCUT2D eigenvalue weighted by Crippen LogP contribution is 2.16. The largest absolute Gasteiger partial charge is 0.305 e. The van der Waals surface area contributed by atoms with Crippen molar-refractivity contribution in [3.05, 3.63) is 30.1 Å².